The van der Waals surface area contributed by atoms with E-state index >= 15 is 0 Å². The topological polar surface area (TPSA) is 72.4 Å². The van der Waals surface area contributed by atoms with Crippen LogP contribution >= 0.6 is 23.2 Å². The van der Waals surface area contributed by atoms with Crippen molar-refractivity contribution in [1.82, 2.24) is 19.4 Å². The van der Waals surface area contributed by atoms with Crippen LogP contribution in [-0.4, -0.2) is 30.5 Å². The molecule has 0 saturated heterocycles. The molecule has 0 aliphatic heterocycles. The molecule has 6 nitrogen and oxygen atoms in total. The molecule has 136 valence electrons. The van der Waals surface area contributed by atoms with Crippen LogP contribution in [0.2, 0.25) is 10.0 Å². The van der Waals surface area contributed by atoms with Crippen molar-refractivity contribution in [1.29, 1.82) is 0 Å². The second kappa shape index (κ2) is 6.72. The molecule has 0 saturated carbocycles. The summed E-state index contributed by atoms with van der Waals surface area (Å²) in [7, 11) is 0. The first kappa shape index (κ1) is 17.6. The highest BCUT2D eigenvalue weighted by atomic mass is 35.5. The van der Waals surface area contributed by atoms with Crippen LogP contribution < -0.4 is 0 Å². The van der Waals surface area contributed by atoms with Crippen molar-refractivity contribution in [3.63, 3.8) is 0 Å². The lowest BCUT2D eigenvalue weighted by Gasteiger charge is -2.08. The summed E-state index contributed by atoms with van der Waals surface area (Å²) in [5, 5.41) is 19.2. The van der Waals surface area contributed by atoms with Crippen LogP contribution in [0.25, 0.3) is 16.8 Å². The highest BCUT2D eigenvalue weighted by molar-refractivity contribution is 6.31. The van der Waals surface area contributed by atoms with Gasteiger partial charge in [-0.15, -0.1) is 0 Å². The third kappa shape index (κ3) is 3.41. The largest absolute Gasteiger partial charge is 0.476 e. The molecule has 4 aromatic rings. The molecule has 0 unspecified atom stereocenters. The second-order valence-corrected chi connectivity index (χ2v) is 7.04. The molecule has 1 N–H and O–H groups in total. The molecule has 0 atom stereocenters. The molecule has 4 rings (SSSR count). The van der Waals surface area contributed by atoms with E-state index in [9.17, 15) is 4.79 Å². The zero-order chi connectivity index (χ0) is 19.1. The monoisotopic (exact) mass is 400 g/mol. The van der Waals surface area contributed by atoms with Crippen molar-refractivity contribution in [3.05, 3.63) is 75.7 Å². The van der Waals surface area contributed by atoms with E-state index in [1.54, 1.807) is 15.3 Å². The van der Waals surface area contributed by atoms with Crippen molar-refractivity contribution in [3.8, 4) is 11.3 Å². The maximum Gasteiger partial charge on any atom is 0.356 e. The van der Waals surface area contributed by atoms with Gasteiger partial charge < -0.3 is 5.11 Å². The van der Waals surface area contributed by atoms with E-state index in [2.05, 4.69) is 10.2 Å². The molecule has 0 fully saturated rings. The number of carboxylic acids is 1. The molecule has 3 aromatic heterocycles. The fourth-order valence-electron chi connectivity index (χ4n) is 2.93. The lowest BCUT2D eigenvalue weighted by atomic mass is 10.1. The summed E-state index contributed by atoms with van der Waals surface area (Å²) in [6.45, 7) is 2.15. The Morgan fingerprint density at radius 2 is 1.78 bits per heavy atom. The number of carboxylic acid groups (broad SMARTS) is 1. The first-order valence-electron chi connectivity index (χ1n) is 8.12. The van der Waals surface area contributed by atoms with Gasteiger partial charge in [0, 0.05) is 21.3 Å². The van der Waals surface area contributed by atoms with E-state index < -0.39 is 5.97 Å². The summed E-state index contributed by atoms with van der Waals surface area (Å²) in [6.07, 6.45) is 0. The molecule has 27 heavy (non-hydrogen) atoms. The number of fused-ring (bicyclic) bond motifs is 1. The predicted molar refractivity (Wildman–Crippen MR) is 104 cm³/mol. The Bertz CT molecular complexity index is 1160. The highest BCUT2D eigenvalue weighted by Crippen LogP contribution is 2.25. The van der Waals surface area contributed by atoms with Gasteiger partial charge in [-0.2, -0.15) is 10.2 Å². The fraction of sp³-hybridized carbons (Fsp3) is 0.105. The molecule has 0 radical (unpaired) electrons. The maximum atomic E-state index is 11.1. The van der Waals surface area contributed by atoms with Crippen molar-refractivity contribution in [2.45, 2.75) is 13.5 Å². The number of hydrogen-bond donors (Lipinski definition) is 1. The van der Waals surface area contributed by atoms with E-state index in [0.717, 1.165) is 28.2 Å². The summed E-state index contributed by atoms with van der Waals surface area (Å²) in [5.41, 5.74) is 4.11. The average molecular weight is 401 g/mol. The third-order valence-electron chi connectivity index (χ3n) is 4.25. The van der Waals surface area contributed by atoms with Gasteiger partial charge in [-0.1, -0.05) is 35.3 Å². The van der Waals surface area contributed by atoms with Gasteiger partial charge in [0.15, 0.2) is 5.69 Å². The lowest BCUT2D eigenvalue weighted by molar-refractivity contribution is 0.0689. The number of aryl methyl sites for hydroxylation is 1. The number of carbonyl (C=O) groups is 1. The number of halogens is 2. The Kier molecular flexibility index (Phi) is 4.37. The summed E-state index contributed by atoms with van der Waals surface area (Å²) in [5.74, 6) is -1.06. The van der Waals surface area contributed by atoms with Crippen LogP contribution in [0.1, 0.15) is 21.9 Å². The van der Waals surface area contributed by atoms with Crippen molar-refractivity contribution in [2.75, 3.05) is 0 Å². The lowest BCUT2D eigenvalue weighted by Crippen LogP contribution is -2.10. The minimum atomic E-state index is -1.06. The van der Waals surface area contributed by atoms with Gasteiger partial charge >= 0.3 is 5.97 Å². The van der Waals surface area contributed by atoms with E-state index in [4.69, 9.17) is 28.3 Å². The minimum absolute atomic E-state index is 0.00749. The molecule has 0 bridgehead atoms. The van der Waals surface area contributed by atoms with E-state index in [1.807, 2.05) is 43.3 Å². The first-order chi connectivity index (χ1) is 12.9. The SMILES string of the molecule is Cc1cc(C(=O)O)nn1Cc1cc(Cl)cc2cc(-c3ccc(Cl)cc3)nn12. The molecular weight excluding hydrogens is 387 g/mol. The Morgan fingerprint density at radius 1 is 1.04 bits per heavy atom. The number of hydrogen-bond acceptors (Lipinski definition) is 3. The van der Waals surface area contributed by atoms with E-state index in [0.29, 0.717) is 16.6 Å². The van der Waals surface area contributed by atoms with Crippen LogP contribution in [0.5, 0.6) is 0 Å². The predicted octanol–water partition coefficient (Wildman–Crippen LogP) is 4.56. The Balaban J connectivity index is 1.78. The number of rotatable bonds is 4. The van der Waals surface area contributed by atoms with E-state index in [1.165, 1.54) is 6.07 Å². The first-order valence-corrected chi connectivity index (χ1v) is 8.88. The summed E-state index contributed by atoms with van der Waals surface area (Å²) >= 11 is 12.2. The Labute approximate surface area is 164 Å². The Morgan fingerprint density at radius 3 is 2.44 bits per heavy atom. The van der Waals surface area contributed by atoms with Crippen LogP contribution in [0.3, 0.4) is 0 Å². The number of pyridine rings is 1. The van der Waals surface area contributed by atoms with Gasteiger partial charge in [0.25, 0.3) is 0 Å². The fourth-order valence-corrected chi connectivity index (χ4v) is 3.30. The number of nitrogens with zero attached hydrogens (tertiary/aromatic N) is 4. The average Bonchev–Trinajstić information content (AvgIpc) is 3.20. The molecule has 8 heteroatoms. The van der Waals surface area contributed by atoms with Gasteiger partial charge in [-0.3, -0.25) is 4.68 Å². The smallest absolute Gasteiger partial charge is 0.356 e. The Hall–Kier alpha value is -2.83. The molecule has 0 aliphatic carbocycles. The van der Waals surface area contributed by atoms with Crippen LogP contribution in [0.15, 0.2) is 48.5 Å². The second-order valence-electron chi connectivity index (χ2n) is 6.17. The van der Waals surface area contributed by atoms with Crippen molar-refractivity contribution in [2.24, 2.45) is 0 Å². The van der Waals surface area contributed by atoms with Crippen LogP contribution in [-0.2, 0) is 6.54 Å². The van der Waals surface area contributed by atoms with Gasteiger partial charge in [0.1, 0.15) is 0 Å². The maximum absolute atomic E-state index is 11.1. The minimum Gasteiger partial charge on any atom is -0.476 e. The normalized spacial score (nSPS) is 11.2. The molecule has 0 aliphatic rings. The van der Waals surface area contributed by atoms with Crippen LogP contribution in [0.4, 0.5) is 0 Å². The van der Waals surface area contributed by atoms with Gasteiger partial charge in [-0.25, -0.2) is 9.31 Å². The van der Waals surface area contributed by atoms with Gasteiger partial charge in [-0.05, 0) is 43.3 Å². The third-order valence-corrected chi connectivity index (χ3v) is 4.72. The zero-order valence-electron chi connectivity index (χ0n) is 14.2. The summed E-state index contributed by atoms with van der Waals surface area (Å²) in [6, 6.07) is 14.5. The molecule has 0 spiro atoms. The van der Waals surface area contributed by atoms with E-state index in [-0.39, 0.29) is 5.69 Å². The quantitative estimate of drug-likeness (QED) is 0.544. The van der Waals surface area contributed by atoms with Crippen LogP contribution in [0, 0.1) is 6.92 Å². The highest BCUT2D eigenvalue weighted by Gasteiger charge is 2.14. The summed E-state index contributed by atoms with van der Waals surface area (Å²) in [4.78, 5) is 11.1. The number of aromatic nitrogens is 4. The van der Waals surface area contributed by atoms with Gasteiger partial charge in [0.05, 0.1) is 23.4 Å². The molecule has 0 amide bonds. The molecule has 1 aromatic carbocycles. The number of aromatic carboxylic acids is 1. The number of benzene rings is 1. The van der Waals surface area contributed by atoms with Crippen molar-refractivity contribution < 1.29 is 9.90 Å². The standard InChI is InChI=1S/C19H14Cl2N4O2/c1-11-6-18(19(26)27)22-24(11)10-16-8-14(21)7-15-9-17(23-25(15)16)12-2-4-13(20)5-3-12/h2-9H,10H2,1H3,(H,26,27). The molecular formula is C19H14Cl2N4O2. The zero-order valence-corrected chi connectivity index (χ0v) is 15.7. The molecule has 3 heterocycles. The van der Waals surface area contributed by atoms with Crippen molar-refractivity contribution >= 4 is 34.7 Å². The summed E-state index contributed by atoms with van der Waals surface area (Å²) < 4.78 is 3.41. The van der Waals surface area contributed by atoms with Gasteiger partial charge in [0.2, 0.25) is 0 Å².